The van der Waals surface area contributed by atoms with Crippen molar-refractivity contribution in [2.75, 3.05) is 24.9 Å². The number of nitrogens with one attached hydrogen (secondary N) is 2. The van der Waals surface area contributed by atoms with Gasteiger partial charge in [-0.25, -0.2) is 9.97 Å². The number of hydrogen-bond donors (Lipinski definition) is 2. The number of anilines is 3. The number of hydrogen-bond acceptors (Lipinski definition) is 6. The summed E-state index contributed by atoms with van der Waals surface area (Å²) in [5.41, 5.74) is 3.93. The maximum absolute atomic E-state index is 12.4. The molecule has 0 unspecified atom stereocenters. The summed E-state index contributed by atoms with van der Waals surface area (Å²) >= 11 is 0. The lowest BCUT2D eigenvalue weighted by Gasteiger charge is -2.12. The highest BCUT2D eigenvalue weighted by Gasteiger charge is 2.10. The van der Waals surface area contributed by atoms with E-state index in [1.807, 2.05) is 32.0 Å². The normalized spacial score (nSPS) is 10.3. The van der Waals surface area contributed by atoms with E-state index in [4.69, 9.17) is 9.47 Å². The number of rotatable bonds is 6. The Kier molecular flexibility index (Phi) is 5.74. The maximum atomic E-state index is 12.4. The minimum Gasteiger partial charge on any atom is -0.497 e. The van der Waals surface area contributed by atoms with Gasteiger partial charge in [-0.3, -0.25) is 4.79 Å². The summed E-state index contributed by atoms with van der Waals surface area (Å²) in [6, 6.07) is 11.2. The zero-order chi connectivity index (χ0) is 20.1. The Hall–Kier alpha value is -3.61. The molecule has 0 saturated carbocycles. The molecule has 0 bridgehead atoms. The number of carbonyl (C=O) groups is 1. The molecule has 28 heavy (non-hydrogen) atoms. The highest BCUT2D eigenvalue weighted by Crippen LogP contribution is 2.30. The van der Waals surface area contributed by atoms with Gasteiger partial charge in [0.05, 0.1) is 25.5 Å². The van der Waals surface area contributed by atoms with Crippen LogP contribution in [0, 0.1) is 13.8 Å². The van der Waals surface area contributed by atoms with Crippen molar-refractivity contribution in [3.05, 3.63) is 65.5 Å². The molecule has 144 valence electrons. The fourth-order valence-electron chi connectivity index (χ4n) is 2.79. The Morgan fingerprint density at radius 1 is 0.929 bits per heavy atom. The second kappa shape index (κ2) is 8.39. The van der Waals surface area contributed by atoms with Gasteiger partial charge in [0.1, 0.15) is 11.5 Å². The van der Waals surface area contributed by atoms with E-state index in [2.05, 4.69) is 20.6 Å². The Bertz CT molecular complexity index is 967. The fraction of sp³-hybridized carbons (Fsp3) is 0.190. The van der Waals surface area contributed by atoms with Gasteiger partial charge in [-0.15, -0.1) is 0 Å². The third kappa shape index (κ3) is 4.56. The lowest BCUT2D eigenvalue weighted by atomic mass is 10.1. The first-order chi connectivity index (χ1) is 13.5. The monoisotopic (exact) mass is 378 g/mol. The number of aromatic nitrogens is 2. The number of ether oxygens (including phenoxy) is 2. The molecule has 1 heterocycles. The van der Waals surface area contributed by atoms with Crippen LogP contribution >= 0.6 is 0 Å². The van der Waals surface area contributed by atoms with Gasteiger partial charge in [-0.05, 0) is 49.2 Å². The summed E-state index contributed by atoms with van der Waals surface area (Å²) in [5.74, 6) is 1.37. The van der Waals surface area contributed by atoms with Gasteiger partial charge < -0.3 is 20.1 Å². The van der Waals surface area contributed by atoms with E-state index in [1.54, 1.807) is 32.4 Å². The maximum Gasteiger partial charge on any atom is 0.258 e. The van der Waals surface area contributed by atoms with Crippen molar-refractivity contribution < 1.29 is 14.3 Å². The molecular weight excluding hydrogens is 356 g/mol. The van der Waals surface area contributed by atoms with E-state index in [1.165, 1.54) is 12.4 Å². The molecule has 0 spiro atoms. The van der Waals surface area contributed by atoms with Crippen molar-refractivity contribution in [2.24, 2.45) is 0 Å². The number of benzene rings is 2. The molecule has 2 N–H and O–H groups in total. The molecule has 0 aliphatic rings. The Morgan fingerprint density at radius 3 is 2.21 bits per heavy atom. The van der Waals surface area contributed by atoms with Gasteiger partial charge in [0.25, 0.3) is 5.91 Å². The van der Waals surface area contributed by atoms with Gasteiger partial charge in [-0.1, -0.05) is 6.07 Å². The Balaban J connectivity index is 1.74. The molecule has 0 fully saturated rings. The van der Waals surface area contributed by atoms with Crippen LogP contribution in [0.4, 0.5) is 17.3 Å². The second-order valence-electron chi connectivity index (χ2n) is 6.32. The van der Waals surface area contributed by atoms with Crippen molar-refractivity contribution in [3.63, 3.8) is 0 Å². The highest BCUT2D eigenvalue weighted by atomic mass is 16.5. The zero-order valence-electron chi connectivity index (χ0n) is 16.2. The third-order valence-corrected chi connectivity index (χ3v) is 4.05. The molecule has 7 nitrogen and oxygen atoms in total. The molecule has 0 atom stereocenters. The van der Waals surface area contributed by atoms with Crippen LogP contribution in [-0.2, 0) is 0 Å². The minimum absolute atomic E-state index is 0.268. The largest absolute Gasteiger partial charge is 0.497 e. The van der Waals surface area contributed by atoms with Crippen LogP contribution in [0.5, 0.6) is 11.5 Å². The van der Waals surface area contributed by atoms with E-state index in [0.29, 0.717) is 28.7 Å². The van der Waals surface area contributed by atoms with Gasteiger partial charge in [0.2, 0.25) is 5.95 Å². The molecule has 0 aliphatic carbocycles. The number of aryl methyl sites for hydroxylation is 2. The first-order valence-corrected chi connectivity index (χ1v) is 8.69. The summed E-state index contributed by atoms with van der Waals surface area (Å²) in [4.78, 5) is 20.9. The number of methoxy groups -OCH3 is 2. The molecule has 1 aromatic heterocycles. The Labute approximate surface area is 163 Å². The number of carbonyl (C=O) groups excluding carboxylic acids is 1. The number of nitrogens with zero attached hydrogens (tertiary/aromatic N) is 2. The van der Waals surface area contributed by atoms with Gasteiger partial charge >= 0.3 is 0 Å². The third-order valence-electron chi connectivity index (χ3n) is 4.05. The molecule has 1 amide bonds. The molecule has 3 aromatic rings. The van der Waals surface area contributed by atoms with Gasteiger partial charge in [-0.2, -0.15) is 0 Å². The topological polar surface area (TPSA) is 85.4 Å². The van der Waals surface area contributed by atoms with E-state index in [9.17, 15) is 4.79 Å². The van der Waals surface area contributed by atoms with Crippen LogP contribution in [0.3, 0.4) is 0 Å². The SMILES string of the molecule is COc1ccc(OC)c(Nc2ncc(C(=O)Nc3cc(C)cc(C)c3)cn2)c1. The summed E-state index contributed by atoms with van der Waals surface area (Å²) in [6.45, 7) is 3.97. The summed E-state index contributed by atoms with van der Waals surface area (Å²) in [6.07, 6.45) is 2.94. The van der Waals surface area contributed by atoms with Gasteiger partial charge in [0, 0.05) is 24.1 Å². The predicted octanol–water partition coefficient (Wildman–Crippen LogP) is 4.11. The van der Waals surface area contributed by atoms with Crippen LogP contribution < -0.4 is 20.1 Å². The smallest absolute Gasteiger partial charge is 0.258 e. The molecule has 0 aliphatic heterocycles. The zero-order valence-corrected chi connectivity index (χ0v) is 16.2. The summed E-state index contributed by atoms with van der Waals surface area (Å²) in [7, 11) is 3.17. The highest BCUT2D eigenvalue weighted by molar-refractivity contribution is 6.04. The van der Waals surface area contributed by atoms with Crippen molar-refractivity contribution in [2.45, 2.75) is 13.8 Å². The van der Waals surface area contributed by atoms with Crippen molar-refractivity contribution in [1.82, 2.24) is 9.97 Å². The molecule has 3 rings (SSSR count). The van der Waals surface area contributed by atoms with Crippen molar-refractivity contribution in [3.8, 4) is 11.5 Å². The quantitative estimate of drug-likeness (QED) is 0.671. The number of amides is 1. The van der Waals surface area contributed by atoms with Crippen molar-refractivity contribution >= 4 is 23.2 Å². The Morgan fingerprint density at radius 2 is 1.61 bits per heavy atom. The van der Waals surface area contributed by atoms with Crippen LogP contribution in [-0.4, -0.2) is 30.1 Å². The van der Waals surface area contributed by atoms with Crippen LogP contribution in [0.15, 0.2) is 48.8 Å². The second-order valence-corrected chi connectivity index (χ2v) is 6.32. The lowest BCUT2D eigenvalue weighted by Crippen LogP contribution is -2.13. The fourth-order valence-corrected chi connectivity index (χ4v) is 2.79. The van der Waals surface area contributed by atoms with E-state index < -0.39 is 0 Å². The first kappa shape index (κ1) is 19.2. The summed E-state index contributed by atoms with van der Waals surface area (Å²) in [5, 5.41) is 5.94. The van der Waals surface area contributed by atoms with Crippen molar-refractivity contribution in [1.29, 1.82) is 0 Å². The van der Waals surface area contributed by atoms with E-state index in [-0.39, 0.29) is 5.91 Å². The molecule has 2 aromatic carbocycles. The molecular formula is C21H22N4O3. The standard InChI is InChI=1S/C21H22N4O3/c1-13-7-14(2)9-16(8-13)24-20(26)15-11-22-21(23-12-15)25-18-10-17(27-3)5-6-19(18)28-4/h5-12H,1-4H3,(H,24,26)(H,22,23,25). The first-order valence-electron chi connectivity index (χ1n) is 8.69. The van der Waals surface area contributed by atoms with Crippen LogP contribution in [0.2, 0.25) is 0 Å². The van der Waals surface area contributed by atoms with Crippen LogP contribution in [0.25, 0.3) is 0 Å². The summed E-state index contributed by atoms with van der Waals surface area (Å²) < 4.78 is 10.6. The van der Waals surface area contributed by atoms with Crippen LogP contribution in [0.1, 0.15) is 21.5 Å². The lowest BCUT2D eigenvalue weighted by molar-refractivity contribution is 0.102. The molecule has 0 radical (unpaired) electrons. The molecule has 7 heteroatoms. The minimum atomic E-state index is -0.268. The van der Waals surface area contributed by atoms with E-state index >= 15 is 0 Å². The predicted molar refractivity (Wildman–Crippen MR) is 109 cm³/mol. The molecule has 0 saturated heterocycles. The van der Waals surface area contributed by atoms with E-state index in [0.717, 1.165) is 16.8 Å². The van der Waals surface area contributed by atoms with Gasteiger partial charge in [0.15, 0.2) is 0 Å². The average molecular weight is 378 g/mol. The average Bonchev–Trinajstić information content (AvgIpc) is 2.67.